The minimum absolute atomic E-state index is 0.137. The molecule has 148 valence electrons. The van der Waals surface area contributed by atoms with E-state index < -0.39 is 16.1 Å². The van der Waals surface area contributed by atoms with Gasteiger partial charge in [-0.2, -0.15) is 9.82 Å². The summed E-state index contributed by atoms with van der Waals surface area (Å²) in [5, 5.41) is 10.2. The first-order valence-corrected chi connectivity index (χ1v) is 10.4. The second-order valence-corrected chi connectivity index (χ2v) is 8.35. The summed E-state index contributed by atoms with van der Waals surface area (Å²) in [6, 6.07) is -0.849. The summed E-state index contributed by atoms with van der Waals surface area (Å²) < 4.78 is 29.1. The van der Waals surface area contributed by atoms with Crippen LogP contribution in [0, 0.1) is 13.8 Å². The van der Waals surface area contributed by atoms with Crippen LogP contribution in [-0.4, -0.2) is 74.3 Å². The van der Waals surface area contributed by atoms with Crippen molar-refractivity contribution in [1.29, 1.82) is 0 Å². The number of nitrogens with zero attached hydrogens (tertiary/aromatic N) is 3. The molecule has 0 bridgehead atoms. The summed E-state index contributed by atoms with van der Waals surface area (Å²) in [7, 11) is -2.11. The number of amides is 1. The fraction of sp³-hybridized carbons (Fsp3) is 0.750. The van der Waals surface area contributed by atoms with Crippen LogP contribution in [0.25, 0.3) is 0 Å². The van der Waals surface area contributed by atoms with Gasteiger partial charge in [-0.1, -0.05) is 0 Å². The molecule has 1 aliphatic heterocycles. The average molecular weight is 387 g/mol. The van der Waals surface area contributed by atoms with Gasteiger partial charge in [-0.05, 0) is 33.7 Å². The zero-order chi connectivity index (χ0) is 19.3. The maximum absolute atomic E-state index is 12.6. The van der Waals surface area contributed by atoms with Crippen LogP contribution in [0.1, 0.15) is 24.7 Å². The Morgan fingerprint density at radius 3 is 2.54 bits per heavy atom. The molecule has 0 saturated carbocycles. The molecule has 1 amide bonds. The monoisotopic (exact) mass is 386 g/mol. The molecular weight excluding hydrogens is 356 g/mol. The number of carbonyl (C=O) groups excluding carboxylic acids is 1. The molecule has 1 fully saturated rings. The van der Waals surface area contributed by atoms with Crippen molar-refractivity contribution in [2.45, 2.75) is 38.1 Å². The zero-order valence-corrected chi connectivity index (χ0v) is 16.8. The van der Waals surface area contributed by atoms with E-state index in [2.05, 4.69) is 25.4 Å². The molecule has 3 N–H and O–H groups in total. The van der Waals surface area contributed by atoms with Crippen LogP contribution in [0.4, 0.5) is 0 Å². The van der Waals surface area contributed by atoms with E-state index in [4.69, 9.17) is 0 Å². The van der Waals surface area contributed by atoms with Crippen molar-refractivity contribution in [3.8, 4) is 0 Å². The molecule has 10 heteroatoms. The maximum atomic E-state index is 12.6. The van der Waals surface area contributed by atoms with Gasteiger partial charge in [0, 0.05) is 39.8 Å². The van der Waals surface area contributed by atoms with E-state index in [1.165, 1.54) is 4.68 Å². The number of hydrogen-bond acceptors (Lipinski definition) is 6. The molecular formula is C16H30N6O3S. The van der Waals surface area contributed by atoms with Crippen LogP contribution < -0.4 is 15.4 Å². The van der Waals surface area contributed by atoms with E-state index in [1.54, 1.807) is 27.8 Å². The number of piperazine rings is 1. The van der Waals surface area contributed by atoms with Gasteiger partial charge in [0.25, 0.3) is 0 Å². The highest BCUT2D eigenvalue weighted by Crippen LogP contribution is 2.18. The molecule has 0 radical (unpaired) electrons. The topological polar surface area (TPSA) is 108 Å². The molecule has 0 aliphatic carbocycles. The van der Waals surface area contributed by atoms with Gasteiger partial charge in [-0.3, -0.25) is 9.48 Å². The zero-order valence-electron chi connectivity index (χ0n) is 16.0. The van der Waals surface area contributed by atoms with Crippen LogP contribution in [-0.2, 0) is 21.9 Å². The molecule has 2 rings (SSSR count). The second kappa shape index (κ2) is 8.94. The SMILES string of the molecule is Cc1nn(C)c(C)c1S(=O)(=O)NC(C)C(=O)NCCCN1CCNCC1. The van der Waals surface area contributed by atoms with Crippen molar-refractivity contribution >= 4 is 15.9 Å². The predicted octanol–water partition coefficient (Wildman–Crippen LogP) is -0.885. The molecule has 1 aromatic heterocycles. The third-order valence-corrected chi connectivity index (χ3v) is 6.39. The highest BCUT2D eigenvalue weighted by atomic mass is 32.2. The number of sulfonamides is 1. The Labute approximate surface area is 155 Å². The van der Waals surface area contributed by atoms with Crippen LogP contribution in [0.2, 0.25) is 0 Å². The number of rotatable bonds is 8. The van der Waals surface area contributed by atoms with Gasteiger partial charge in [0.05, 0.1) is 17.4 Å². The first-order valence-electron chi connectivity index (χ1n) is 8.95. The minimum Gasteiger partial charge on any atom is -0.355 e. The number of hydrogen-bond donors (Lipinski definition) is 3. The van der Waals surface area contributed by atoms with Gasteiger partial charge < -0.3 is 15.5 Å². The van der Waals surface area contributed by atoms with Gasteiger partial charge in [-0.15, -0.1) is 0 Å². The Kier molecular flexibility index (Phi) is 7.16. The quantitative estimate of drug-likeness (QED) is 0.501. The fourth-order valence-corrected chi connectivity index (χ4v) is 4.73. The summed E-state index contributed by atoms with van der Waals surface area (Å²) in [5.41, 5.74) is 0.958. The normalized spacial score (nSPS) is 17.2. The lowest BCUT2D eigenvalue weighted by molar-refractivity contribution is -0.122. The molecule has 26 heavy (non-hydrogen) atoms. The summed E-state index contributed by atoms with van der Waals surface area (Å²) in [5.74, 6) is -0.326. The Hall–Kier alpha value is -1.49. The highest BCUT2D eigenvalue weighted by molar-refractivity contribution is 7.89. The van der Waals surface area contributed by atoms with Gasteiger partial charge in [0.15, 0.2) is 0 Å². The molecule has 1 saturated heterocycles. The first kappa shape index (κ1) is 20.8. The number of carbonyl (C=O) groups is 1. The van der Waals surface area contributed by atoms with Crippen molar-refractivity contribution < 1.29 is 13.2 Å². The minimum atomic E-state index is -3.80. The lowest BCUT2D eigenvalue weighted by Crippen LogP contribution is -2.46. The number of aryl methyl sites for hydroxylation is 2. The third-order valence-electron chi connectivity index (χ3n) is 4.60. The summed E-state index contributed by atoms with van der Waals surface area (Å²) in [4.78, 5) is 14.7. The molecule has 0 aromatic carbocycles. The number of aromatic nitrogens is 2. The Balaban J connectivity index is 1.82. The summed E-state index contributed by atoms with van der Waals surface area (Å²) >= 11 is 0. The number of nitrogens with one attached hydrogen (secondary N) is 3. The van der Waals surface area contributed by atoms with E-state index in [0.717, 1.165) is 39.1 Å². The fourth-order valence-electron chi connectivity index (χ4n) is 3.09. The average Bonchev–Trinajstić information content (AvgIpc) is 2.84. The van der Waals surface area contributed by atoms with Crippen molar-refractivity contribution in [2.75, 3.05) is 39.3 Å². The smallest absolute Gasteiger partial charge is 0.244 e. The van der Waals surface area contributed by atoms with Crippen LogP contribution in [0.15, 0.2) is 4.90 Å². The van der Waals surface area contributed by atoms with Crippen LogP contribution >= 0.6 is 0 Å². The van der Waals surface area contributed by atoms with Gasteiger partial charge >= 0.3 is 0 Å². The van der Waals surface area contributed by atoms with E-state index >= 15 is 0 Å². The van der Waals surface area contributed by atoms with E-state index in [-0.39, 0.29) is 10.8 Å². The maximum Gasteiger partial charge on any atom is 0.244 e. The largest absolute Gasteiger partial charge is 0.355 e. The standard InChI is InChI=1S/C16H30N6O3S/c1-12-15(14(3)21(4)19-12)26(24,25)20-13(2)16(23)18-6-5-9-22-10-7-17-8-11-22/h13,17,20H,5-11H2,1-4H3,(H,18,23). The van der Waals surface area contributed by atoms with Gasteiger partial charge in [-0.25, -0.2) is 8.42 Å². The molecule has 1 unspecified atom stereocenters. The van der Waals surface area contributed by atoms with Crippen molar-refractivity contribution in [3.63, 3.8) is 0 Å². The van der Waals surface area contributed by atoms with Gasteiger partial charge in [0.2, 0.25) is 15.9 Å². The summed E-state index contributed by atoms with van der Waals surface area (Å²) in [6.45, 7) is 10.4. The second-order valence-electron chi connectivity index (χ2n) is 6.70. The van der Waals surface area contributed by atoms with Crippen LogP contribution in [0.5, 0.6) is 0 Å². The van der Waals surface area contributed by atoms with E-state index in [1.807, 2.05) is 0 Å². The lowest BCUT2D eigenvalue weighted by Gasteiger charge is -2.27. The Bertz CT molecular complexity index is 725. The van der Waals surface area contributed by atoms with Crippen molar-refractivity contribution in [3.05, 3.63) is 11.4 Å². The van der Waals surface area contributed by atoms with Crippen molar-refractivity contribution in [1.82, 2.24) is 30.0 Å². The predicted molar refractivity (Wildman–Crippen MR) is 99.4 cm³/mol. The first-order chi connectivity index (χ1) is 12.2. The Morgan fingerprint density at radius 2 is 1.96 bits per heavy atom. The van der Waals surface area contributed by atoms with Gasteiger partial charge in [0.1, 0.15) is 4.90 Å². The summed E-state index contributed by atoms with van der Waals surface area (Å²) in [6.07, 6.45) is 0.839. The Morgan fingerprint density at radius 1 is 1.31 bits per heavy atom. The molecule has 1 aliphatic rings. The molecule has 2 heterocycles. The third kappa shape index (κ3) is 5.26. The highest BCUT2D eigenvalue weighted by Gasteiger charge is 2.27. The van der Waals surface area contributed by atoms with E-state index in [9.17, 15) is 13.2 Å². The molecule has 1 aromatic rings. The molecule has 1 atom stereocenters. The lowest BCUT2D eigenvalue weighted by atomic mass is 10.3. The van der Waals surface area contributed by atoms with Crippen molar-refractivity contribution in [2.24, 2.45) is 7.05 Å². The van der Waals surface area contributed by atoms with Crippen LogP contribution in [0.3, 0.4) is 0 Å². The molecule has 9 nitrogen and oxygen atoms in total. The molecule has 0 spiro atoms. The van der Waals surface area contributed by atoms with E-state index in [0.29, 0.717) is 17.9 Å².